The SMILES string of the molecule is CCOc1ccc(NC(=O)[C@@H](C)[NH+](C)Cc2ccccc2)cc1. The number of benzene rings is 2. The molecule has 0 spiro atoms. The highest BCUT2D eigenvalue weighted by molar-refractivity contribution is 5.93. The van der Waals surface area contributed by atoms with Crippen molar-refractivity contribution in [1.82, 2.24) is 0 Å². The first-order valence-corrected chi connectivity index (χ1v) is 8.00. The third kappa shape index (κ3) is 5.11. The van der Waals surface area contributed by atoms with Gasteiger partial charge in [-0.25, -0.2) is 0 Å². The van der Waals surface area contributed by atoms with Crippen LogP contribution in [0.3, 0.4) is 0 Å². The Balaban J connectivity index is 1.91. The van der Waals surface area contributed by atoms with Crippen LogP contribution in [0.4, 0.5) is 5.69 Å². The van der Waals surface area contributed by atoms with Gasteiger partial charge in [0, 0.05) is 11.3 Å². The Bertz CT molecular complexity index is 611. The lowest BCUT2D eigenvalue weighted by Gasteiger charge is -2.21. The standard InChI is InChI=1S/C19H24N2O2/c1-4-23-18-12-10-17(11-13-18)20-19(22)15(2)21(3)14-16-8-6-5-7-9-16/h5-13,15H,4,14H2,1-3H3,(H,20,22)/p+1/t15-/m1/s1. The quantitative estimate of drug-likeness (QED) is 0.822. The lowest BCUT2D eigenvalue weighted by molar-refractivity contribution is -0.907. The van der Waals surface area contributed by atoms with Crippen molar-refractivity contribution in [3.05, 3.63) is 60.2 Å². The highest BCUT2D eigenvalue weighted by Crippen LogP contribution is 2.15. The zero-order chi connectivity index (χ0) is 16.7. The maximum absolute atomic E-state index is 12.4. The minimum absolute atomic E-state index is 0.0163. The molecule has 23 heavy (non-hydrogen) atoms. The maximum atomic E-state index is 12.4. The molecule has 1 amide bonds. The first-order valence-electron chi connectivity index (χ1n) is 8.00. The summed E-state index contributed by atoms with van der Waals surface area (Å²) in [5.41, 5.74) is 2.02. The largest absolute Gasteiger partial charge is 0.494 e. The third-order valence-corrected chi connectivity index (χ3v) is 3.89. The number of nitrogens with one attached hydrogen (secondary N) is 2. The predicted molar refractivity (Wildman–Crippen MR) is 92.7 cm³/mol. The van der Waals surface area contributed by atoms with Crippen molar-refractivity contribution >= 4 is 11.6 Å². The van der Waals surface area contributed by atoms with Gasteiger partial charge in [-0.2, -0.15) is 0 Å². The van der Waals surface area contributed by atoms with Crippen molar-refractivity contribution in [2.75, 3.05) is 19.0 Å². The van der Waals surface area contributed by atoms with E-state index < -0.39 is 0 Å². The second-order valence-corrected chi connectivity index (χ2v) is 5.68. The monoisotopic (exact) mass is 313 g/mol. The number of hydrogen-bond donors (Lipinski definition) is 2. The number of carbonyl (C=O) groups excluding carboxylic acids is 1. The average molecular weight is 313 g/mol. The fourth-order valence-corrected chi connectivity index (χ4v) is 2.35. The summed E-state index contributed by atoms with van der Waals surface area (Å²) >= 11 is 0. The smallest absolute Gasteiger partial charge is 0.282 e. The summed E-state index contributed by atoms with van der Waals surface area (Å²) < 4.78 is 5.40. The van der Waals surface area contributed by atoms with E-state index in [1.54, 1.807) is 0 Å². The molecule has 0 aromatic heterocycles. The molecule has 0 aliphatic heterocycles. The fraction of sp³-hybridized carbons (Fsp3) is 0.316. The molecule has 0 saturated carbocycles. The number of amides is 1. The van der Waals surface area contributed by atoms with Crippen LogP contribution in [0.2, 0.25) is 0 Å². The molecule has 122 valence electrons. The van der Waals surface area contributed by atoms with E-state index in [1.165, 1.54) is 5.56 Å². The van der Waals surface area contributed by atoms with E-state index in [-0.39, 0.29) is 11.9 Å². The molecule has 4 heteroatoms. The minimum atomic E-state index is -0.137. The van der Waals surface area contributed by atoms with Gasteiger partial charge in [-0.1, -0.05) is 30.3 Å². The van der Waals surface area contributed by atoms with Crippen molar-refractivity contribution in [3.8, 4) is 5.75 Å². The molecular weight excluding hydrogens is 288 g/mol. The zero-order valence-electron chi connectivity index (χ0n) is 14.0. The van der Waals surface area contributed by atoms with Crippen LogP contribution >= 0.6 is 0 Å². The molecule has 2 aromatic rings. The van der Waals surface area contributed by atoms with Crippen LogP contribution in [0.25, 0.3) is 0 Å². The van der Waals surface area contributed by atoms with E-state index in [9.17, 15) is 4.79 Å². The molecule has 2 rings (SSSR count). The summed E-state index contributed by atoms with van der Waals surface area (Å²) in [5.74, 6) is 0.827. The number of carbonyl (C=O) groups is 1. The Labute approximate surface area is 138 Å². The molecule has 0 aliphatic rings. The Kier molecular flexibility index (Phi) is 6.18. The number of likely N-dealkylation sites (N-methyl/N-ethyl adjacent to an activating group) is 1. The summed E-state index contributed by atoms with van der Waals surface area (Å²) in [6.45, 7) is 5.35. The predicted octanol–water partition coefficient (Wildman–Crippen LogP) is 2.13. The van der Waals surface area contributed by atoms with Gasteiger partial charge < -0.3 is 15.0 Å². The summed E-state index contributed by atoms with van der Waals surface area (Å²) in [5, 5.41) is 2.96. The molecule has 1 unspecified atom stereocenters. The molecule has 0 bridgehead atoms. The lowest BCUT2D eigenvalue weighted by Crippen LogP contribution is -3.12. The Hall–Kier alpha value is -2.33. The molecule has 4 nitrogen and oxygen atoms in total. The number of quaternary nitrogens is 1. The normalized spacial score (nSPS) is 13.2. The number of rotatable bonds is 7. The topological polar surface area (TPSA) is 42.8 Å². The highest BCUT2D eigenvalue weighted by atomic mass is 16.5. The second kappa shape index (κ2) is 8.34. The van der Waals surface area contributed by atoms with Crippen LogP contribution in [-0.4, -0.2) is 25.6 Å². The van der Waals surface area contributed by atoms with E-state index in [2.05, 4.69) is 17.4 Å². The lowest BCUT2D eigenvalue weighted by atomic mass is 10.2. The van der Waals surface area contributed by atoms with E-state index in [4.69, 9.17) is 4.74 Å². The molecule has 2 atom stereocenters. The van der Waals surface area contributed by atoms with Crippen molar-refractivity contribution in [1.29, 1.82) is 0 Å². The van der Waals surface area contributed by atoms with Gasteiger partial charge >= 0.3 is 0 Å². The molecular formula is C19H25N2O2+. The van der Waals surface area contributed by atoms with E-state index in [0.717, 1.165) is 22.9 Å². The van der Waals surface area contributed by atoms with Crippen LogP contribution in [0.1, 0.15) is 19.4 Å². The fourth-order valence-electron chi connectivity index (χ4n) is 2.35. The molecule has 0 saturated heterocycles. The van der Waals surface area contributed by atoms with Crippen LogP contribution in [0.15, 0.2) is 54.6 Å². The van der Waals surface area contributed by atoms with Gasteiger partial charge in [0.25, 0.3) is 5.91 Å². The maximum Gasteiger partial charge on any atom is 0.282 e. The number of ether oxygens (including phenoxy) is 1. The zero-order valence-corrected chi connectivity index (χ0v) is 14.0. The van der Waals surface area contributed by atoms with E-state index in [1.807, 2.05) is 63.4 Å². The first-order chi connectivity index (χ1) is 11.1. The van der Waals surface area contributed by atoms with Crippen LogP contribution in [0, 0.1) is 0 Å². The minimum Gasteiger partial charge on any atom is -0.494 e. The van der Waals surface area contributed by atoms with Gasteiger partial charge in [0.2, 0.25) is 0 Å². The molecule has 0 heterocycles. The summed E-state index contributed by atoms with van der Waals surface area (Å²) in [7, 11) is 2.04. The van der Waals surface area contributed by atoms with Crippen LogP contribution in [0.5, 0.6) is 5.75 Å². The van der Waals surface area contributed by atoms with E-state index >= 15 is 0 Å². The van der Waals surface area contributed by atoms with Crippen LogP contribution < -0.4 is 15.0 Å². The molecule has 2 N–H and O–H groups in total. The van der Waals surface area contributed by atoms with Gasteiger partial charge in [-0.05, 0) is 38.1 Å². The molecule has 0 radical (unpaired) electrons. The Morgan fingerprint density at radius 1 is 1.13 bits per heavy atom. The van der Waals surface area contributed by atoms with Gasteiger partial charge in [0.05, 0.1) is 13.7 Å². The summed E-state index contributed by atoms with van der Waals surface area (Å²) in [6.07, 6.45) is 0. The number of hydrogen-bond acceptors (Lipinski definition) is 2. The van der Waals surface area contributed by atoms with E-state index in [0.29, 0.717) is 6.61 Å². The van der Waals surface area contributed by atoms with Crippen molar-refractivity contribution < 1.29 is 14.4 Å². The number of anilines is 1. The van der Waals surface area contributed by atoms with Gasteiger partial charge in [0.15, 0.2) is 6.04 Å². The highest BCUT2D eigenvalue weighted by Gasteiger charge is 2.21. The van der Waals surface area contributed by atoms with Gasteiger partial charge in [-0.15, -0.1) is 0 Å². The van der Waals surface area contributed by atoms with Crippen molar-refractivity contribution in [3.63, 3.8) is 0 Å². The third-order valence-electron chi connectivity index (χ3n) is 3.89. The summed E-state index contributed by atoms with van der Waals surface area (Å²) in [6, 6.07) is 17.5. The van der Waals surface area contributed by atoms with Crippen LogP contribution in [-0.2, 0) is 11.3 Å². The Morgan fingerprint density at radius 3 is 2.39 bits per heavy atom. The van der Waals surface area contributed by atoms with Gasteiger partial charge in [-0.3, -0.25) is 4.79 Å². The first kappa shape index (κ1) is 17.0. The van der Waals surface area contributed by atoms with Gasteiger partial charge in [0.1, 0.15) is 12.3 Å². The molecule has 0 fully saturated rings. The average Bonchev–Trinajstić information content (AvgIpc) is 2.57. The summed E-state index contributed by atoms with van der Waals surface area (Å²) in [4.78, 5) is 13.5. The Morgan fingerprint density at radius 2 is 1.78 bits per heavy atom. The second-order valence-electron chi connectivity index (χ2n) is 5.68. The molecule has 0 aliphatic carbocycles. The van der Waals surface area contributed by atoms with Crippen molar-refractivity contribution in [2.24, 2.45) is 0 Å². The van der Waals surface area contributed by atoms with Crippen molar-refractivity contribution in [2.45, 2.75) is 26.4 Å². The molecule has 2 aromatic carbocycles.